The van der Waals surface area contributed by atoms with Gasteiger partial charge in [-0.3, -0.25) is 0 Å². The molecule has 0 aromatic heterocycles. The second-order valence-electron chi connectivity index (χ2n) is 4.80. The van der Waals surface area contributed by atoms with Gasteiger partial charge in [0.2, 0.25) is 0 Å². The Morgan fingerprint density at radius 2 is 2.22 bits per heavy atom. The monoisotopic (exact) mass is 268 g/mol. The highest BCUT2D eigenvalue weighted by atomic mass is 35.5. The van der Waals surface area contributed by atoms with Gasteiger partial charge in [-0.05, 0) is 37.8 Å². The second-order valence-corrected chi connectivity index (χ2v) is 5.20. The van der Waals surface area contributed by atoms with Crippen LogP contribution in [0.5, 0.6) is 0 Å². The molecule has 1 aromatic carbocycles. The normalized spacial score (nSPS) is 20.2. The molecule has 0 saturated carbocycles. The van der Waals surface area contributed by atoms with Crippen LogP contribution >= 0.6 is 11.6 Å². The third kappa shape index (κ3) is 2.79. The first-order valence-corrected chi connectivity index (χ1v) is 7.00. The Kier molecular flexibility index (Phi) is 4.87. The molecule has 0 bridgehead atoms. The molecule has 1 heterocycles. The minimum Gasteiger partial charge on any atom is -0.396 e. The lowest BCUT2D eigenvalue weighted by Gasteiger charge is -2.38. The zero-order chi connectivity index (χ0) is 13.0. The van der Waals surface area contributed by atoms with Crippen molar-refractivity contribution in [2.24, 2.45) is 5.73 Å². The van der Waals surface area contributed by atoms with Gasteiger partial charge in [-0.15, -0.1) is 0 Å². The number of anilines is 1. The van der Waals surface area contributed by atoms with E-state index in [1.165, 1.54) is 12.8 Å². The van der Waals surface area contributed by atoms with Crippen molar-refractivity contribution < 1.29 is 5.11 Å². The third-order valence-corrected chi connectivity index (χ3v) is 4.05. The molecule has 100 valence electrons. The summed E-state index contributed by atoms with van der Waals surface area (Å²) in [5, 5.41) is 9.93. The molecule has 1 aliphatic rings. The number of aliphatic hydroxyl groups excluding tert-OH is 1. The maximum absolute atomic E-state index is 9.19. The van der Waals surface area contributed by atoms with Gasteiger partial charge in [0.15, 0.2) is 0 Å². The van der Waals surface area contributed by atoms with Gasteiger partial charge in [0.25, 0.3) is 0 Å². The Morgan fingerprint density at radius 1 is 1.39 bits per heavy atom. The van der Waals surface area contributed by atoms with Crippen LogP contribution in [0.1, 0.15) is 31.2 Å². The molecule has 0 spiro atoms. The lowest BCUT2D eigenvalue weighted by molar-refractivity contribution is 0.262. The smallest absolute Gasteiger partial charge is 0.0471 e. The Morgan fingerprint density at radius 3 is 2.94 bits per heavy atom. The summed E-state index contributed by atoms with van der Waals surface area (Å²) in [5.41, 5.74) is 7.98. The summed E-state index contributed by atoms with van der Waals surface area (Å²) in [6.07, 6.45) is 4.38. The molecular formula is C14H21ClN2O. The topological polar surface area (TPSA) is 49.5 Å². The van der Waals surface area contributed by atoms with Crippen LogP contribution in [0, 0.1) is 0 Å². The number of hydrogen-bond donors (Lipinski definition) is 2. The molecule has 1 aliphatic heterocycles. The summed E-state index contributed by atoms with van der Waals surface area (Å²) in [7, 11) is 0. The van der Waals surface area contributed by atoms with Crippen molar-refractivity contribution in [2.45, 2.75) is 38.3 Å². The standard InChI is InChI=1S/C14H21ClN2O/c15-13-5-3-6-14(12(13)10-16)17-8-2-1-4-11(17)7-9-18/h3,5-6,11,18H,1-2,4,7-10,16H2. The van der Waals surface area contributed by atoms with E-state index in [9.17, 15) is 5.11 Å². The number of benzene rings is 1. The van der Waals surface area contributed by atoms with Crippen LogP contribution in [0.2, 0.25) is 5.02 Å². The fourth-order valence-electron chi connectivity index (χ4n) is 2.79. The number of hydrogen-bond acceptors (Lipinski definition) is 3. The van der Waals surface area contributed by atoms with E-state index in [1.54, 1.807) is 0 Å². The molecule has 1 atom stereocenters. The van der Waals surface area contributed by atoms with E-state index in [0.717, 1.165) is 35.7 Å². The molecular weight excluding hydrogens is 248 g/mol. The zero-order valence-electron chi connectivity index (χ0n) is 10.6. The molecule has 3 nitrogen and oxygen atoms in total. The van der Waals surface area contributed by atoms with E-state index < -0.39 is 0 Å². The predicted molar refractivity (Wildman–Crippen MR) is 76.0 cm³/mol. The fourth-order valence-corrected chi connectivity index (χ4v) is 3.03. The minimum atomic E-state index is 0.236. The quantitative estimate of drug-likeness (QED) is 0.882. The summed E-state index contributed by atoms with van der Waals surface area (Å²) in [5.74, 6) is 0. The highest BCUT2D eigenvalue weighted by Crippen LogP contribution is 2.32. The zero-order valence-corrected chi connectivity index (χ0v) is 11.4. The third-order valence-electron chi connectivity index (χ3n) is 3.70. The number of nitrogens with zero attached hydrogens (tertiary/aromatic N) is 1. The van der Waals surface area contributed by atoms with E-state index in [0.29, 0.717) is 12.6 Å². The average Bonchev–Trinajstić information content (AvgIpc) is 2.39. The van der Waals surface area contributed by atoms with E-state index in [-0.39, 0.29) is 6.61 Å². The molecule has 3 N–H and O–H groups in total. The van der Waals surface area contributed by atoms with Crippen molar-refractivity contribution >= 4 is 17.3 Å². The van der Waals surface area contributed by atoms with Gasteiger partial charge in [0.1, 0.15) is 0 Å². The molecule has 1 unspecified atom stereocenters. The van der Waals surface area contributed by atoms with Gasteiger partial charge in [-0.25, -0.2) is 0 Å². The van der Waals surface area contributed by atoms with Crippen molar-refractivity contribution in [3.8, 4) is 0 Å². The summed E-state index contributed by atoms with van der Waals surface area (Å²) in [6, 6.07) is 6.36. The Labute approximate surface area is 114 Å². The van der Waals surface area contributed by atoms with Crippen LogP contribution < -0.4 is 10.6 Å². The van der Waals surface area contributed by atoms with Crippen LogP contribution in [0.3, 0.4) is 0 Å². The molecule has 2 rings (SSSR count). The lowest BCUT2D eigenvalue weighted by atomic mass is 9.97. The molecule has 0 aliphatic carbocycles. The number of nitrogens with two attached hydrogens (primary N) is 1. The maximum Gasteiger partial charge on any atom is 0.0471 e. The largest absolute Gasteiger partial charge is 0.396 e. The van der Waals surface area contributed by atoms with Crippen LogP contribution in [0.15, 0.2) is 18.2 Å². The first-order chi connectivity index (χ1) is 8.77. The van der Waals surface area contributed by atoms with Gasteiger partial charge in [0, 0.05) is 42.0 Å². The molecule has 18 heavy (non-hydrogen) atoms. The number of piperidine rings is 1. The van der Waals surface area contributed by atoms with Gasteiger partial charge in [-0.1, -0.05) is 17.7 Å². The van der Waals surface area contributed by atoms with E-state index in [4.69, 9.17) is 17.3 Å². The number of aliphatic hydroxyl groups is 1. The van der Waals surface area contributed by atoms with Gasteiger partial charge in [0.05, 0.1) is 0 Å². The van der Waals surface area contributed by atoms with Crippen molar-refractivity contribution in [3.63, 3.8) is 0 Å². The van der Waals surface area contributed by atoms with Crippen molar-refractivity contribution in [2.75, 3.05) is 18.1 Å². The van der Waals surface area contributed by atoms with Crippen LogP contribution in [-0.4, -0.2) is 24.3 Å². The lowest BCUT2D eigenvalue weighted by Crippen LogP contribution is -2.40. The molecule has 0 radical (unpaired) electrons. The number of rotatable bonds is 4. The van der Waals surface area contributed by atoms with Gasteiger partial charge in [-0.2, -0.15) is 0 Å². The van der Waals surface area contributed by atoms with Crippen LogP contribution in [-0.2, 0) is 6.54 Å². The molecule has 4 heteroatoms. The molecule has 1 fully saturated rings. The van der Waals surface area contributed by atoms with Crippen LogP contribution in [0.4, 0.5) is 5.69 Å². The molecule has 0 amide bonds. The first kappa shape index (κ1) is 13.7. The van der Waals surface area contributed by atoms with Crippen LogP contribution in [0.25, 0.3) is 0 Å². The van der Waals surface area contributed by atoms with Crippen molar-refractivity contribution in [1.29, 1.82) is 0 Å². The fraction of sp³-hybridized carbons (Fsp3) is 0.571. The Balaban J connectivity index is 2.30. The maximum atomic E-state index is 9.19. The Bertz CT molecular complexity index is 395. The Hall–Kier alpha value is -0.770. The van der Waals surface area contributed by atoms with Crippen molar-refractivity contribution in [3.05, 3.63) is 28.8 Å². The molecule has 1 aromatic rings. The second kappa shape index (κ2) is 6.41. The van der Waals surface area contributed by atoms with E-state index in [2.05, 4.69) is 11.0 Å². The highest BCUT2D eigenvalue weighted by Gasteiger charge is 2.24. The highest BCUT2D eigenvalue weighted by molar-refractivity contribution is 6.31. The van der Waals surface area contributed by atoms with E-state index in [1.807, 2.05) is 12.1 Å². The number of halogens is 1. The summed E-state index contributed by atoms with van der Waals surface area (Å²) < 4.78 is 0. The van der Waals surface area contributed by atoms with Gasteiger partial charge >= 0.3 is 0 Å². The summed E-state index contributed by atoms with van der Waals surface area (Å²) >= 11 is 6.22. The summed E-state index contributed by atoms with van der Waals surface area (Å²) in [6.45, 7) is 1.72. The van der Waals surface area contributed by atoms with Gasteiger partial charge < -0.3 is 15.7 Å². The average molecular weight is 269 g/mol. The van der Waals surface area contributed by atoms with Crippen molar-refractivity contribution in [1.82, 2.24) is 0 Å². The summed E-state index contributed by atoms with van der Waals surface area (Å²) in [4.78, 5) is 2.37. The first-order valence-electron chi connectivity index (χ1n) is 6.63. The molecule has 1 saturated heterocycles. The van der Waals surface area contributed by atoms with E-state index >= 15 is 0 Å². The predicted octanol–water partition coefficient (Wildman–Crippen LogP) is 2.54. The minimum absolute atomic E-state index is 0.236. The SMILES string of the molecule is NCc1c(Cl)cccc1N1CCCCC1CCO.